The molecule has 0 aromatic heterocycles. The molecule has 5 N–H and O–H groups in total. The van der Waals surface area contributed by atoms with Crippen LogP contribution in [0.25, 0.3) is 0 Å². The van der Waals surface area contributed by atoms with Gasteiger partial charge >= 0.3 is 0 Å². The zero-order valence-electron chi connectivity index (χ0n) is 26.6. The van der Waals surface area contributed by atoms with Crippen LogP contribution in [0.15, 0.2) is 72.8 Å². The number of nitrogens with zero attached hydrogens (tertiary/aromatic N) is 1. The number of amides is 2. The van der Waals surface area contributed by atoms with Crippen molar-refractivity contribution in [1.29, 1.82) is 0 Å². The number of ether oxygens (including phenoxy) is 4. The summed E-state index contributed by atoms with van der Waals surface area (Å²) in [6, 6.07) is 22.4. The summed E-state index contributed by atoms with van der Waals surface area (Å²) < 4.78 is 24.9. The van der Waals surface area contributed by atoms with Crippen molar-refractivity contribution in [3.8, 4) is 0 Å². The molecule has 3 aromatic rings. The molecule has 3 aromatic carbocycles. The molecule has 1 spiro atoms. The van der Waals surface area contributed by atoms with Crippen molar-refractivity contribution < 1.29 is 33.6 Å². The first-order valence-electron chi connectivity index (χ1n) is 16.4. The lowest BCUT2D eigenvalue weighted by Gasteiger charge is -2.41. The first-order valence-corrected chi connectivity index (χ1v) is 16.4. The molecule has 6 rings (SSSR count). The molecule has 3 saturated heterocycles. The summed E-state index contributed by atoms with van der Waals surface area (Å²) in [5.74, 6) is -0.775. The number of aliphatic hydroxyl groups is 1. The number of rotatable bonds is 11. The van der Waals surface area contributed by atoms with Gasteiger partial charge in [-0.3, -0.25) is 9.59 Å². The van der Waals surface area contributed by atoms with Gasteiger partial charge in [0, 0.05) is 63.0 Å². The second kappa shape index (κ2) is 15.4. The Labute approximate surface area is 275 Å². The summed E-state index contributed by atoms with van der Waals surface area (Å²) in [6.07, 6.45) is 2.38. The van der Waals surface area contributed by atoms with Crippen LogP contribution in [0.1, 0.15) is 67.6 Å². The number of piperidine rings is 1. The van der Waals surface area contributed by atoms with Gasteiger partial charge in [-0.1, -0.05) is 48.5 Å². The summed E-state index contributed by atoms with van der Waals surface area (Å²) >= 11 is 0. The number of para-hydroxylation sites is 2. The number of nitrogens with two attached hydrogens (primary N) is 1. The van der Waals surface area contributed by atoms with E-state index in [9.17, 15) is 14.7 Å². The molecule has 3 aliphatic rings. The molecule has 250 valence electrons. The Morgan fingerprint density at radius 1 is 0.851 bits per heavy atom. The molecule has 2 amide bonds. The Bertz CT molecular complexity index is 1480. The van der Waals surface area contributed by atoms with E-state index in [1.165, 1.54) is 0 Å². The summed E-state index contributed by atoms with van der Waals surface area (Å²) in [4.78, 5) is 27.3. The summed E-state index contributed by atoms with van der Waals surface area (Å²) in [5.41, 5.74) is 10.4. The number of benzene rings is 3. The number of likely N-dealkylation sites (tertiary alicyclic amines) is 1. The summed E-state index contributed by atoms with van der Waals surface area (Å²) in [7, 11) is 0. The van der Waals surface area contributed by atoms with Crippen LogP contribution in [0.2, 0.25) is 0 Å². The van der Waals surface area contributed by atoms with Crippen molar-refractivity contribution in [2.75, 3.05) is 49.2 Å². The Morgan fingerprint density at radius 2 is 1.51 bits per heavy atom. The Balaban J connectivity index is 1.04. The molecule has 11 heteroatoms. The third-order valence-electron chi connectivity index (χ3n) is 9.02. The minimum absolute atomic E-state index is 0.00786. The third kappa shape index (κ3) is 8.75. The van der Waals surface area contributed by atoms with Crippen molar-refractivity contribution in [1.82, 2.24) is 4.90 Å². The minimum atomic E-state index is -0.587. The number of anilines is 3. The second-order valence-electron chi connectivity index (χ2n) is 12.4. The molecule has 47 heavy (non-hydrogen) atoms. The van der Waals surface area contributed by atoms with Crippen LogP contribution in [-0.2, 0) is 35.1 Å². The van der Waals surface area contributed by atoms with E-state index in [0.717, 1.165) is 49.2 Å². The monoisotopic (exact) mass is 644 g/mol. The predicted molar refractivity (Wildman–Crippen MR) is 177 cm³/mol. The van der Waals surface area contributed by atoms with E-state index >= 15 is 0 Å². The highest BCUT2D eigenvalue weighted by molar-refractivity contribution is 5.94. The van der Waals surface area contributed by atoms with Gasteiger partial charge in [-0.15, -0.1) is 0 Å². The highest BCUT2D eigenvalue weighted by Crippen LogP contribution is 2.39. The van der Waals surface area contributed by atoms with E-state index in [0.29, 0.717) is 43.1 Å². The van der Waals surface area contributed by atoms with Crippen molar-refractivity contribution in [3.63, 3.8) is 0 Å². The molecule has 3 heterocycles. The van der Waals surface area contributed by atoms with Crippen LogP contribution < -0.4 is 16.4 Å². The smallest absolute Gasteiger partial charge is 0.224 e. The van der Waals surface area contributed by atoms with Crippen molar-refractivity contribution in [3.05, 3.63) is 89.5 Å². The van der Waals surface area contributed by atoms with E-state index < -0.39 is 12.1 Å². The minimum Gasteiger partial charge on any atom is -0.397 e. The number of hydrogen-bond acceptors (Lipinski definition) is 9. The third-order valence-corrected chi connectivity index (χ3v) is 9.02. The molecule has 0 radical (unpaired) electrons. The fourth-order valence-electron chi connectivity index (χ4n) is 6.36. The predicted octanol–water partition coefficient (Wildman–Crippen LogP) is 4.89. The van der Waals surface area contributed by atoms with Crippen LogP contribution in [0, 0.1) is 0 Å². The fraction of sp³-hybridized carbons (Fsp3) is 0.444. The van der Waals surface area contributed by atoms with Gasteiger partial charge in [0.2, 0.25) is 11.8 Å². The second-order valence-corrected chi connectivity index (χ2v) is 12.4. The molecular formula is C36H44N4O7. The lowest BCUT2D eigenvalue weighted by Crippen LogP contribution is -2.48. The Hall–Kier alpha value is -3.84. The summed E-state index contributed by atoms with van der Waals surface area (Å²) in [6.45, 7) is 3.84. The number of nitrogens with one attached hydrogen (secondary N) is 2. The maximum absolute atomic E-state index is 12.6. The van der Waals surface area contributed by atoms with Gasteiger partial charge in [0.15, 0.2) is 12.1 Å². The Kier molecular flexibility index (Phi) is 10.8. The average molecular weight is 645 g/mol. The van der Waals surface area contributed by atoms with Gasteiger partial charge in [-0.25, -0.2) is 0 Å². The van der Waals surface area contributed by atoms with Gasteiger partial charge in [0.1, 0.15) is 0 Å². The highest BCUT2D eigenvalue weighted by Gasteiger charge is 2.41. The molecular weight excluding hydrogens is 600 g/mol. The number of carbonyl (C=O) groups excluding carboxylic acids is 2. The van der Waals surface area contributed by atoms with Gasteiger partial charge < -0.3 is 45.3 Å². The quantitative estimate of drug-likeness (QED) is 0.214. The van der Waals surface area contributed by atoms with Crippen LogP contribution in [-0.4, -0.2) is 66.6 Å². The normalized spacial score (nSPS) is 22.6. The summed E-state index contributed by atoms with van der Waals surface area (Å²) in [5, 5.41) is 15.2. The average Bonchev–Trinajstić information content (AvgIpc) is 3.55. The van der Waals surface area contributed by atoms with Crippen LogP contribution in [0.3, 0.4) is 0 Å². The van der Waals surface area contributed by atoms with E-state index in [1.807, 2.05) is 48.5 Å². The fourth-order valence-corrected chi connectivity index (χ4v) is 6.36. The lowest BCUT2D eigenvalue weighted by molar-refractivity contribution is -0.255. The zero-order chi connectivity index (χ0) is 32.6. The number of carbonyl (C=O) groups is 2. The first kappa shape index (κ1) is 33.1. The lowest BCUT2D eigenvalue weighted by atomic mass is 9.98. The van der Waals surface area contributed by atoms with Crippen LogP contribution >= 0.6 is 0 Å². The first-order chi connectivity index (χ1) is 22.9. The van der Waals surface area contributed by atoms with Crippen LogP contribution in [0.5, 0.6) is 0 Å². The van der Waals surface area contributed by atoms with Crippen molar-refractivity contribution >= 4 is 28.9 Å². The molecule has 0 aliphatic carbocycles. The van der Waals surface area contributed by atoms with Gasteiger partial charge in [0.25, 0.3) is 0 Å². The van der Waals surface area contributed by atoms with Crippen molar-refractivity contribution in [2.24, 2.45) is 0 Å². The SMILES string of the molecule is Nc1ccccc1NC(=O)CCCC(=O)Nc1ccc([C@H]2O[C@@H](CN3CCC4(CC3)OCCO4)C[C@@H](c3ccc(CO)cc3)O2)cc1. The molecule has 3 aliphatic heterocycles. The molecule has 11 nitrogen and oxygen atoms in total. The standard InChI is InChI=1S/C36H44N4O7/c37-30-4-1-2-5-31(30)39-34(43)7-3-6-33(42)38-28-14-12-27(13-15-28)35-46-29(22-32(47-35)26-10-8-25(24-41)9-11-26)23-40-18-16-36(17-19-40)44-20-21-45-36/h1-2,4-5,8-15,29,32,35,41H,3,6-7,16-24,37H2,(H,38,42)(H,39,43)/t29-,32+,35+/m1/s1. The Morgan fingerprint density at radius 3 is 2.19 bits per heavy atom. The number of aliphatic hydroxyl groups excluding tert-OH is 1. The highest BCUT2D eigenvalue weighted by atomic mass is 16.7. The van der Waals surface area contributed by atoms with Gasteiger partial charge in [-0.05, 0) is 41.8 Å². The topological polar surface area (TPSA) is 145 Å². The van der Waals surface area contributed by atoms with Crippen LogP contribution in [0.4, 0.5) is 17.1 Å². The molecule has 0 saturated carbocycles. The molecule has 0 unspecified atom stereocenters. The maximum atomic E-state index is 12.6. The van der Waals surface area contributed by atoms with Crippen molar-refractivity contribution in [2.45, 2.75) is 69.4 Å². The van der Waals surface area contributed by atoms with Gasteiger partial charge in [-0.2, -0.15) is 0 Å². The number of hydrogen-bond donors (Lipinski definition) is 4. The van der Waals surface area contributed by atoms with Gasteiger partial charge in [0.05, 0.1) is 43.4 Å². The van der Waals surface area contributed by atoms with E-state index in [2.05, 4.69) is 15.5 Å². The maximum Gasteiger partial charge on any atom is 0.224 e. The van der Waals surface area contributed by atoms with E-state index in [-0.39, 0.29) is 43.5 Å². The van der Waals surface area contributed by atoms with E-state index in [1.54, 1.807) is 24.3 Å². The van der Waals surface area contributed by atoms with E-state index in [4.69, 9.17) is 24.7 Å². The largest absolute Gasteiger partial charge is 0.397 e. The molecule has 3 atom stereocenters. The number of nitrogen functional groups attached to an aromatic ring is 1. The zero-order valence-corrected chi connectivity index (χ0v) is 26.6. The molecule has 0 bridgehead atoms. The molecule has 3 fully saturated rings.